The number of hydrogen-bond donors (Lipinski definition) is 1. The van der Waals surface area contributed by atoms with Crippen LogP contribution in [-0.2, 0) is 18.0 Å². The molecule has 20 heavy (non-hydrogen) atoms. The number of hydrogen-bond acceptors (Lipinski definition) is 5. The second-order valence-electron chi connectivity index (χ2n) is 3.95. The average Bonchev–Trinajstić information content (AvgIpc) is 2.45. The van der Waals surface area contributed by atoms with Crippen LogP contribution in [0.4, 0.5) is 0 Å². The first-order valence-electron chi connectivity index (χ1n) is 6.20. The van der Waals surface area contributed by atoms with Crippen molar-refractivity contribution in [1.29, 1.82) is 0 Å². The number of benzene rings is 1. The molecule has 1 aromatic heterocycles. The number of aliphatic hydroxyl groups excluding tert-OH is 1. The van der Waals surface area contributed by atoms with Gasteiger partial charge < -0.3 is 14.6 Å². The highest BCUT2D eigenvalue weighted by Gasteiger charge is 2.08. The molecule has 0 amide bonds. The van der Waals surface area contributed by atoms with Crippen molar-refractivity contribution in [3.05, 3.63) is 46.9 Å². The number of aromatic nitrogens is 2. The molecule has 0 aliphatic carbocycles. The van der Waals surface area contributed by atoms with Crippen molar-refractivity contribution in [2.75, 3.05) is 6.61 Å². The quantitative estimate of drug-likeness (QED) is 0.830. The maximum Gasteiger partial charge on any atom is 0.224 e. The van der Waals surface area contributed by atoms with E-state index < -0.39 is 0 Å². The van der Waals surface area contributed by atoms with Crippen LogP contribution in [-0.4, -0.2) is 21.7 Å². The predicted molar refractivity (Wildman–Crippen MR) is 74.8 cm³/mol. The Morgan fingerprint density at radius 2 is 2.05 bits per heavy atom. The molecule has 2 rings (SSSR count). The van der Waals surface area contributed by atoms with Gasteiger partial charge in [0.25, 0.3) is 0 Å². The molecule has 2 aromatic rings. The van der Waals surface area contributed by atoms with Crippen LogP contribution < -0.4 is 4.74 Å². The summed E-state index contributed by atoms with van der Waals surface area (Å²) in [6, 6.07) is 8.69. The summed E-state index contributed by atoms with van der Waals surface area (Å²) in [6.45, 7) is 2.62. The van der Waals surface area contributed by atoms with Gasteiger partial charge in [0.2, 0.25) is 5.88 Å². The fourth-order valence-corrected chi connectivity index (χ4v) is 1.79. The molecule has 0 unspecified atom stereocenters. The Bertz CT molecular complexity index is 578. The molecule has 0 aliphatic rings. The van der Waals surface area contributed by atoms with Crippen LogP contribution in [0.5, 0.6) is 11.6 Å². The standard InChI is InChI=1S/C14H15ClN2O3/c1-2-19-9-13-16-12(15)7-14(17-13)20-11-6-4-3-5-10(11)8-18/h3-7,18H,2,8-9H2,1H3. The van der Waals surface area contributed by atoms with Gasteiger partial charge in [-0.05, 0) is 13.0 Å². The molecule has 0 radical (unpaired) electrons. The lowest BCUT2D eigenvalue weighted by Gasteiger charge is -2.10. The lowest BCUT2D eigenvalue weighted by molar-refractivity contribution is 0.127. The van der Waals surface area contributed by atoms with Gasteiger partial charge in [-0.15, -0.1) is 0 Å². The van der Waals surface area contributed by atoms with E-state index in [0.29, 0.717) is 29.6 Å². The molecule has 1 aromatic carbocycles. The van der Waals surface area contributed by atoms with Gasteiger partial charge in [-0.3, -0.25) is 0 Å². The van der Waals surface area contributed by atoms with Gasteiger partial charge in [0.05, 0.1) is 6.61 Å². The Kier molecular flexibility index (Phi) is 5.29. The van der Waals surface area contributed by atoms with Gasteiger partial charge in [0.1, 0.15) is 17.5 Å². The van der Waals surface area contributed by atoms with Gasteiger partial charge in [0.15, 0.2) is 5.82 Å². The molecule has 0 saturated carbocycles. The van der Waals surface area contributed by atoms with Gasteiger partial charge in [-0.2, -0.15) is 4.98 Å². The van der Waals surface area contributed by atoms with Crippen LogP contribution in [0.2, 0.25) is 5.15 Å². The Balaban J connectivity index is 2.22. The summed E-state index contributed by atoms with van der Waals surface area (Å²) in [5.41, 5.74) is 0.675. The van der Waals surface area contributed by atoms with E-state index >= 15 is 0 Å². The average molecular weight is 295 g/mol. The number of ether oxygens (including phenoxy) is 2. The van der Waals surface area contributed by atoms with Crippen molar-refractivity contribution in [2.24, 2.45) is 0 Å². The van der Waals surface area contributed by atoms with Crippen LogP contribution >= 0.6 is 11.6 Å². The Morgan fingerprint density at radius 1 is 1.25 bits per heavy atom. The monoisotopic (exact) mass is 294 g/mol. The second-order valence-corrected chi connectivity index (χ2v) is 4.34. The molecule has 0 aliphatic heterocycles. The summed E-state index contributed by atoms with van der Waals surface area (Å²) in [7, 11) is 0. The third-order valence-electron chi connectivity index (χ3n) is 2.51. The number of rotatable bonds is 6. The van der Waals surface area contributed by atoms with E-state index in [1.807, 2.05) is 19.1 Å². The molecule has 0 bridgehead atoms. The van der Waals surface area contributed by atoms with E-state index in [2.05, 4.69) is 9.97 Å². The third kappa shape index (κ3) is 3.90. The van der Waals surface area contributed by atoms with Crippen molar-refractivity contribution >= 4 is 11.6 Å². The summed E-state index contributed by atoms with van der Waals surface area (Å²) >= 11 is 5.93. The molecule has 106 valence electrons. The normalized spacial score (nSPS) is 10.6. The first kappa shape index (κ1) is 14.7. The van der Waals surface area contributed by atoms with Gasteiger partial charge in [-0.1, -0.05) is 29.8 Å². The van der Waals surface area contributed by atoms with Crippen molar-refractivity contribution in [2.45, 2.75) is 20.1 Å². The number of halogens is 1. The predicted octanol–water partition coefficient (Wildman–Crippen LogP) is 2.95. The largest absolute Gasteiger partial charge is 0.438 e. The lowest BCUT2D eigenvalue weighted by atomic mass is 10.2. The zero-order valence-electron chi connectivity index (χ0n) is 11.0. The Morgan fingerprint density at radius 3 is 2.80 bits per heavy atom. The van der Waals surface area contributed by atoms with Gasteiger partial charge in [-0.25, -0.2) is 4.98 Å². The number of para-hydroxylation sites is 1. The van der Waals surface area contributed by atoms with Crippen LogP contribution in [0.3, 0.4) is 0 Å². The van der Waals surface area contributed by atoms with Crippen LogP contribution in [0.15, 0.2) is 30.3 Å². The van der Waals surface area contributed by atoms with Crippen LogP contribution in [0, 0.1) is 0 Å². The highest BCUT2D eigenvalue weighted by molar-refractivity contribution is 6.29. The molecular formula is C14H15ClN2O3. The van der Waals surface area contributed by atoms with E-state index in [4.69, 9.17) is 21.1 Å². The van der Waals surface area contributed by atoms with E-state index in [9.17, 15) is 5.11 Å². The first-order chi connectivity index (χ1) is 9.72. The number of aliphatic hydroxyl groups is 1. The summed E-state index contributed by atoms with van der Waals surface area (Å²) < 4.78 is 10.9. The zero-order chi connectivity index (χ0) is 14.4. The van der Waals surface area contributed by atoms with Crippen molar-refractivity contribution in [1.82, 2.24) is 9.97 Å². The minimum atomic E-state index is -0.110. The highest BCUT2D eigenvalue weighted by atomic mass is 35.5. The molecular weight excluding hydrogens is 280 g/mol. The Hall–Kier alpha value is -1.69. The topological polar surface area (TPSA) is 64.5 Å². The van der Waals surface area contributed by atoms with E-state index in [0.717, 1.165) is 0 Å². The van der Waals surface area contributed by atoms with Crippen molar-refractivity contribution in [3.63, 3.8) is 0 Å². The van der Waals surface area contributed by atoms with Crippen LogP contribution in [0.25, 0.3) is 0 Å². The zero-order valence-corrected chi connectivity index (χ0v) is 11.8. The third-order valence-corrected chi connectivity index (χ3v) is 2.70. The van der Waals surface area contributed by atoms with E-state index in [1.165, 1.54) is 6.07 Å². The molecule has 1 N–H and O–H groups in total. The first-order valence-corrected chi connectivity index (χ1v) is 6.58. The maximum atomic E-state index is 9.26. The summed E-state index contributed by atoms with van der Waals surface area (Å²) in [5, 5.41) is 9.55. The second kappa shape index (κ2) is 7.19. The minimum Gasteiger partial charge on any atom is -0.438 e. The van der Waals surface area contributed by atoms with Crippen molar-refractivity contribution < 1.29 is 14.6 Å². The fraction of sp³-hybridized carbons (Fsp3) is 0.286. The van der Waals surface area contributed by atoms with E-state index in [-0.39, 0.29) is 18.4 Å². The SMILES string of the molecule is CCOCc1nc(Cl)cc(Oc2ccccc2CO)n1. The summed E-state index contributed by atoms with van der Waals surface area (Å²) in [6.07, 6.45) is 0. The molecule has 0 atom stereocenters. The molecule has 5 nitrogen and oxygen atoms in total. The van der Waals surface area contributed by atoms with Gasteiger partial charge in [0, 0.05) is 18.2 Å². The highest BCUT2D eigenvalue weighted by Crippen LogP contribution is 2.25. The number of nitrogens with zero attached hydrogens (tertiary/aromatic N) is 2. The fourth-order valence-electron chi connectivity index (χ4n) is 1.60. The Labute approximate surface area is 122 Å². The molecule has 0 saturated heterocycles. The smallest absolute Gasteiger partial charge is 0.224 e. The molecule has 6 heteroatoms. The summed E-state index contributed by atoms with van der Waals surface area (Å²) in [5.74, 6) is 1.31. The van der Waals surface area contributed by atoms with E-state index in [1.54, 1.807) is 12.1 Å². The lowest BCUT2D eigenvalue weighted by Crippen LogP contribution is -2.01. The van der Waals surface area contributed by atoms with Crippen molar-refractivity contribution in [3.8, 4) is 11.6 Å². The molecule has 0 spiro atoms. The summed E-state index contributed by atoms with van der Waals surface area (Å²) in [4.78, 5) is 8.27. The van der Waals surface area contributed by atoms with Gasteiger partial charge >= 0.3 is 0 Å². The minimum absolute atomic E-state index is 0.110. The van der Waals surface area contributed by atoms with Crippen LogP contribution in [0.1, 0.15) is 18.3 Å². The molecule has 0 fully saturated rings. The molecule has 1 heterocycles. The maximum absolute atomic E-state index is 9.26.